The number of amides is 1. The van der Waals surface area contributed by atoms with E-state index in [1.165, 1.54) is 19.2 Å². The molecule has 2 rings (SSSR count). The first kappa shape index (κ1) is 20.2. The zero-order chi connectivity index (χ0) is 19.8. The van der Waals surface area contributed by atoms with E-state index in [1.807, 2.05) is 6.92 Å². The molecule has 6 nitrogen and oxygen atoms in total. The molecule has 0 aliphatic rings. The van der Waals surface area contributed by atoms with Crippen molar-refractivity contribution in [1.82, 2.24) is 5.43 Å². The number of halogens is 1. The number of nitrogens with one attached hydrogen (secondary N) is 1. The zero-order valence-corrected chi connectivity index (χ0v) is 15.8. The summed E-state index contributed by atoms with van der Waals surface area (Å²) in [5.41, 5.74) is 3.42. The number of rotatable bonds is 8. The van der Waals surface area contributed by atoms with Crippen LogP contribution in [0.5, 0.6) is 17.2 Å². The first-order valence-electron chi connectivity index (χ1n) is 8.52. The maximum Gasteiger partial charge on any atom is 0.280 e. The van der Waals surface area contributed by atoms with Gasteiger partial charge in [-0.3, -0.25) is 4.79 Å². The lowest BCUT2D eigenvalue weighted by atomic mass is 10.1. The van der Waals surface area contributed by atoms with Crippen LogP contribution in [0.1, 0.15) is 26.3 Å². The maximum absolute atomic E-state index is 13.8. The van der Waals surface area contributed by atoms with E-state index in [2.05, 4.69) is 10.5 Å². The second-order valence-electron chi connectivity index (χ2n) is 5.69. The van der Waals surface area contributed by atoms with Crippen LogP contribution in [0, 0.1) is 5.82 Å². The number of ether oxygens (including phenoxy) is 3. The predicted octanol–water partition coefficient (Wildman–Crippen LogP) is 3.54. The van der Waals surface area contributed by atoms with Crippen LogP contribution in [0.2, 0.25) is 0 Å². The summed E-state index contributed by atoms with van der Waals surface area (Å²) in [6.07, 6.45) is -0.757. The summed E-state index contributed by atoms with van der Waals surface area (Å²) >= 11 is 0. The molecule has 0 bridgehead atoms. The van der Waals surface area contributed by atoms with Crippen LogP contribution in [-0.4, -0.2) is 31.4 Å². The third-order valence-corrected chi connectivity index (χ3v) is 3.72. The Morgan fingerprint density at radius 3 is 2.44 bits per heavy atom. The number of nitrogens with zero attached hydrogens (tertiary/aromatic N) is 1. The van der Waals surface area contributed by atoms with Crippen molar-refractivity contribution in [3.8, 4) is 17.2 Å². The monoisotopic (exact) mass is 374 g/mol. The molecule has 0 saturated heterocycles. The summed E-state index contributed by atoms with van der Waals surface area (Å²) in [6.45, 7) is 5.76. The Labute approximate surface area is 157 Å². The lowest BCUT2D eigenvalue weighted by Crippen LogP contribution is -2.33. The number of carbonyl (C=O) groups excluding carboxylic acids is 1. The van der Waals surface area contributed by atoms with Crippen LogP contribution < -0.4 is 19.6 Å². The van der Waals surface area contributed by atoms with Gasteiger partial charge in [0.15, 0.2) is 17.7 Å². The molecule has 27 heavy (non-hydrogen) atoms. The van der Waals surface area contributed by atoms with Crippen LogP contribution in [0.3, 0.4) is 0 Å². The molecule has 1 N–H and O–H groups in total. The molecule has 0 aromatic heterocycles. The average molecular weight is 374 g/mol. The molecule has 0 saturated carbocycles. The summed E-state index contributed by atoms with van der Waals surface area (Å²) in [5, 5.41) is 4.00. The first-order valence-corrected chi connectivity index (χ1v) is 8.52. The van der Waals surface area contributed by atoms with Crippen LogP contribution in [-0.2, 0) is 4.79 Å². The van der Waals surface area contributed by atoms with Crippen LogP contribution >= 0.6 is 0 Å². The highest BCUT2D eigenvalue weighted by Crippen LogP contribution is 2.19. The smallest absolute Gasteiger partial charge is 0.280 e. The van der Waals surface area contributed by atoms with Crippen molar-refractivity contribution in [2.45, 2.75) is 26.9 Å². The molecule has 2 aromatic rings. The van der Waals surface area contributed by atoms with Crippen molar-refractivity contribution in [2.75, 3.05) is 13.7 Å². The van der Waals surface area contributed by atoms with Gasteiger partial charge in [0.1, 0.15) is 11.5 Å². The van der Waals surface area contributed by atoms with Gasteiger partial charge in [-0.2, -0.15) is 5.10 Å². The van der Waals surface area contributed by atoms with Gasteiger partial charge in [0.2, 0.25) is 0 Å². The number of hydrazone groups is 1. The Kier molecular flexibility index (Phi) is 7.16. The highest BCUT2D eigenvalue weighted by atomic mass is 19.1. The second kappa shape index (κ2) is 9.56. The lowest BCUT2D eigenvalue weighted by Gasteiger charge is -2.14. The molecule has 2 aromatic carbocycles. The molecule has 0 spiro atoms. The molecule has 144 valence electrons. The molecule has 0 aliphatic carbocycles. The number of methoxy groups -OCH3 is 1. The molecule has 1 atom stereocenters. The summed E-state index contributed by atoms with van der Waals surface area (Å²) < 4.78 is 29.6. The SMILES string of the molecule is CCOc1ccc(O[C@@H](C)C(=O)N/N=C(/C)c2ccc(OC)c(F)c2)cc1. The standard InChI is InChI=1S/C20H23FN2O4/c1-5-26-16-7-9-17(10-8-16)27-14(3)20(24)23-22-13(2)15-6-11-19(25-4)18(21)12-15/h6-12,14H,5H2,1-4H3,(H,23,24)/b22-13-/t14-/m0/s1. The lowest BCUT2D eigenvalue weighted by molar-refractivity contribution is -0.127. The summed E-state index contributed by atoms with van der Waals surface area (Å²) in [4.78, 5) is 12.2. The topological polar surface area (TPSA) is 69.2 Å². The summed E-state index contributed by atoms with van der Waals surface area (Å²) in [7, 11) is 1.39. The van der Waals surface area contributed by atoms with Crippen molar-refractivity contribution in [3.63, 3.8) is 0 Å². The van der Waals surface area contributed by atoms with Crippen molar-refractivity contribution < 1.29 is 23.4 Å². The Morgan fingerprint density at radius 1 is 1.19 bits per heavy atom. The van der Waals surface area contributed by atoms with E-state index < -0.39 is 17.8 Å². The predicted molar refractivity (Wildman–Crippen MR) is 101 cm³/mol. The number of carbonyl (C=O) groups is 1. The Bertz CT molecular complexity index is 806. The Hall–Kier alpha value is -3.09. The molecule has 0 fully saturated rings. The molecule has 0 aliphatic heterocycles. The largest absolute Gasteiger partial charge is 0.494 e. The van der Waals surface area contributed by atoms with Gasteiger partial charge >= 0.3 is 0 Å². The van der Waals surface area contributed by atoms with E-state index >= 15 is 0 Å². The second-order valence-corrected chi connectivity index (χ2v) is 5.69. The van der Waals surface area contributed by atoms with E-state index in [9.17, 15) is 9.18 Å². The molecular formula is C20H23FN2O4. The van der Waals surface area contributed by atoms with Gasteiger partial charge in [-0.1, -0.05) is 0 Å². The van der Waals surface area contributed by atoms with Gasteiger partial charge in [-0.25, -0.2) is 9.82 Å². The van der Waals surface area contributed by atoms with Crippen molar-refractivity contribution in [2.24, 2.45) is 5.10 Å². The maximum atomic E-state index is 13.8. The molecule has 0 radical (unpaired) electrons. The number of benzene rings is 2. The van der Waals surface area contributed by atoms with Crippen molar-refractivity contribution in [3.05, 3.63) is 53.8 Å². The fourth-order valence-electron chi connectivity index (χ4n) is 2.22. The van der Waals surface area contributed by atoms with Gasteiger partial charge in [-0.15, -0.1) is 0 Å². The van der Waals surface area contributed by atoms with Gasteiger partial charge < -0.3 is 14.2 Å². The van der Waals surface area contributed by atoms with Crippen LogP contribution in [0.4, 0.5) is 4.39 Å². The first-order chi connectivity index (χ1) is 12.9. The minimum absolute atomic E-state index is 0.146. The summed E-state index contributed by atoms with van der Waals surface area (Å²) in [6, 6.07) is 11.4. The third-order valence-electron chi connectivity index (χ3n) is 3.72. The quantitative estimate of drug-likeness (QED) is 0.567. The van der Waals surface area contributed by atoms with Crippen molar-refractivity contribution >= 4 is 11.6 Å². The highest BCUT2D eigenvalue weighted by molar-refractivity contribution is 5.99. The van der Waals surface area contributed by atoms with E-state index in [0.717, 1.165) is 5.75 Å². The highest BCUT2D eigenvalue weighted by Gasteiger charge is 2.14. The fourth-order valence-corrected chi connectivity index (χ4v) is 2.22. The van der Waals surface area contributed by atoms with Crippen LogP contribution in [0.15, 0.2) is 47.6 Å². The van der Waals surface area contributed by atoms with Crippen molar-refractivity contribution in [1.29, 1.82) is 0 Å². The molecular weight excluding hydrogens is 351 g/mol. The Balaban J connectivity index is 1.95. The number of hydrogen-bond acceptors (Lipinski definition) is 5. The van der Waals surface area contributed by atoms with E-state index in [1.54, 1.807) is 44.2 Å². The normalized spacial score (nSPS) is 12.3. The minimum atomic E-state index is -0.757. The van der Waals surface area contributed by atoms with Gasteiger partial charge in [-0.05, 0) is 63.2 Å². The van der Waals surface area contributed by atoms with E-state index in [0.29, 0.717) is 23.6 Å². The minimum Gasteiger partial charge on any atom is -0.494 e. The average Bonchev–Trinajstić information content (AvgIpc) is 2.67. The van der Waals surface area contributed by atoms with E-state index in [-0.39, 0.29) is 5.75 Å². The molecule has 7 heteroatoms. The molecule has 0 heterocycles. The van der Waals surface area contributed by atoms with Gasteiger partial charge in [0.25, 0.3) is 5.91 Å². The molecule has 1 amide bonds. The fraction of sp³-hybridized carbons (Fsp3) is 0.300. The molecule has 0 unspecified atom stereocenters. The van der Waals surface area contributed by atoms with Gasteiger partial charge in [0.05, 0.1) is 19.4 Å². The Morgan fingerprint density at radius 2 is 1.85 bits per heavy atom. The van der Waals surface area contributed by atoms with Gasteiger partial charge in [0, 0.05) is 5.56 Å². The van der Waals surface area contributed by atoms with Crippen LogP contribution in [0.25, 0.3) is 0 Å². The summed E-state index contributed by atoms with van der Waals surface area (Å²) in [5.74, 6) is 0.501. The zero-order valence-electron chi connectivity index (χ0n) is 15.8. The van der Waals surface area contributed by atoms with E-state index in [4.69, 9.17) is 14.2 Å². The number of hydrogen-bond donors (Lipinski definition) is 1. The third kappa shape index (κ3) is 5.70.